The Hall–Kier alpha value is -1.35. The number of ether oxygens (including phenoxy) is 1. The molecule has 0 radical (unpaired) electrons. The average Bonchev–Trinajstić information content (AvgIpc) is 2.87. The van der Waals surface area contributed by atoms with Gasteiger partial charge in [0.25, 0.3) is 0 Å². The minimum Gasteiger partial charge on any atom is -0.427 e. The summed E-state index contributed by atoms with van der Waals surface area (Å²) in [5, 5.41) is 10.0. The van der Waals surface area contributed by atoms with Crippen molar-refractivity contribution in [3.05, 3.63) is 29.8 Å². The Bertz CT molecular complexity index is 627. The molecule has 0 saturated carbocycles. The van der Waals surface area contributed by atoms with Gasteiger partial charge >= 0.3 is 5.97 Å². The molecule has 0 bridgehead atoms. The van der Waals surface area contributed by atoms with Gasteiger partial charge in [0.05, 0.1) is 6.10 Å². The minimum absolute atomic E-state index is 0.0887. The number of carbonyl (C=O) groups is 1. The van der Waals surface area contributed by atoms with Gasteiger partial charge in [0.1, 0.15) is 5.75 Å². The van der Waals surface area contributed by atoms with Crippen LogP contribution in [0.25, 0.3) is 0 Å². The number of aliphatic hydroxyl groups is 1. The fourth-order valence-corrected chi connectivity index (χ4v) is 4.89. The molecule has 0 aromatic heterocycles. The summed E-state index contributed by atoms with van der Waals surface area (Å²) in [6.07, 6.45) is 27.0. The van der Waals surface area contributed by atoms with Crippen LogP contribution >= 0.6 is 0 Å². The minimum atomic E-state index is -0.101. The summed E-state index contributed by atoms with van der Waals surface area (Å²) in [7, 11) is 0. The van der Waals surface area contributed by atoms with Crippen LogP contribution in [-0.2, 0) is 11.2 Å². The number of hydrogen-bond donors (Lipinski definition) is 1. The molecule has 1 aromatic carbocycles. The molecule has 1 unspecified atom stereocenters. The Balaban J connectivity index is 1.98. The van der Waals surface area contributed by atoms with Crippen LogP contribution in [0.2, 0.25) is 0 Å². The number of carbonyl (C=O) groups excluding carboxylic acids is 1. The van der Waals surface area contributed by atoms with E-state index in [1.807, 2.05) is 18.2 Å². The maximum absolute atomic E-state index is 12.2. The van der Waals surface area contributed by atoms with Gasteiger partial charge in [-0.2, -0.15) is 0 Å². The second-order valence-electron chi connectivity index (χ2n) is 10.9. The lowest BCUT2D eigenvalue weighted by atomic mass is 10.0. The molecule has 1 atom stereocenters. The number of hydrogen-bond acceptors (Lipinski definition) is 3. The summed E-state index contributed by atoms with van der Waals surface area (Å²) in [5.41, 5.74) is 1.27. The smallest absolute Gasteiger partial charge is 0.311 e. The normalized spacial score (nSPS) is 12.1. The maximum Gasteiger partial charge on any atom is 0.311 e. The number of esters is 1. The van der Waals surface area contributed by atoms with E-state index in [9.17, 15) is 9.90 Å². The number of aryl methyl sites for hydroxylation is 1. The van der Waals surface area contributed by atoms with E-state index < -0.39 is 0 Å². The standard InChI is InChI=1S/C33H58O3/c1-3-5-7-9-12-15-18-23-30-24-22-27-32(29-30)36-33(35)28-21-17-14-11-10-13-16-20-26-31(34)25-19-8-6-4-2/h22,24,27,29,31,34H,3-21,23,25-26,28H2,1-2H3. The fraction of sp³-hybridized carbons (Fsp3) is 0.788. The highest BCUT2D eigenvalue weighted by atomic mass is 16.5. The Morgan fingerprint density at radius 2 is 1.19 bits per heavy atom. The number of unbranched alkanes of at least 4 members (excludes halogenated alkanes) is 16. The first-order chi connectivity index (χ1) is 17.7. The lowest BCUT2D eigenvalue weighted by Crippen LogP contribution is -2.07. The molecule has 0 aliphatic carbocycles. The summed E-state index contributed by atoms with van der Waals surface area (Å²) in [6.45, 7) is 4.48. The van der Waals surface area contributed by atoms with Crippen molar-refractivity contribution in [2.45, 2.75) is 168 Å². The highest BCUT2D eigenvalue weighted by molar-refractivity contribution is 5.72. The molecule has 0 amide bonds. The first-order valence-electron chi connectivity index (χ1n) is 15.6. The Kier molecular flexibility index (Phi) is 21.8. The third-order valence-corrected chi connectivity index (χ3v) is 7.26. The monoisotopic (exact) mass is 502 g/mol. The molecule has 0 aliphatic rings. The van der Waals surface area contributed by atoms with Crippen LogP contribution in [0.3, 0.4) is 0 Å². The molecule has 0 aliphatic heterocycles. The van der Waals surface area contributed by atoms with Crippen LogP contribution in [0, 0.1) is 0 Å². The maximum atomic E-state index is 12.2. The Morgan fingerprint density at radius 3 is 1.81 bits per heavy atom. The van der Waals surface area contributed by atoms with Gasteiger partial charge < -0.3 is 9.84 Å². The number of rotatable bonds is 25. The molecule has 0 fully saturated rings. The molecule has 1 N–H and O–H groups in total. The van der Waals surface area contributed by atoms with E-state index in [4.69, 9.17) is 4.74 Å². The third-order valence-electron chi connectivity index (χ3n) is 7.26. The van der Waals surface area contributed by atoms with Crippen LogP contribution in [0.15, 0.2) is 24.3 Å². The molecule has 36 heavy (non-hydrogen) atoms. The van der Waals surface area contributed by atoms with Crippen molar-refractivity contribution in [3.63, 3.8) is 0 Å². The van der Waals surface area contributed by atoms with Crippen LogP contribution < -0.4 is 4.74 Å². The van der Waals surface area contributed by atoms with Crippen molar-refractivity contribution >= 4 is 5.97 Å². The van der Waals surface area contributed by atoms with E-state index in [1.165, 1.54) is 108 Å². The van der Waals surface area contributed by atoms with E-state index >= 15 is 0 Å². The van der Waals surface area contributed by atoms with Gasteiger partial charge in [-0.3, -0.25) is 4.79 Å². The second kappa shape index (κ2) is 24.0. The topological polar surface area (TPSA) is 46.5 Å². The molecular weight excluding hydrogens is 444 g/mol. The number of benzene rings is 1. The molecule has 208 valence electrons. The van der Waals surface area contributed by atoms with Crippen LogP contribution in [0.4, 0.5) is 0 Å². The van der Waals surface area contributed by atoms with Crippen molar-refractivity contribution in [1.82, 2.24) is 0 Å². The summed E-state index contributed by atoms with van der Waals surface area (Å²) < 4.78 is 5.60. The van der Waals surface area contributed by atoms with E-state index in [1.54, 1.807) is 0 Å². The SMILES string of the molecule is CCCCCCCCCc1cccc(OC(=O)CCCCCCCCCCC(O)CCCCCC)c1. The van der Waals surface area contributed by atoms with Crippen LogP contribution in [0.1, 0.15) is 161 Å². The third kappa shape index (κ3) is 19.8. The first-order valence-corrected chi connectivity index (χ1v) is 15.6. The van der Waals surface area contributed by atoms with Crippen molar-refractivity contribution in [1.29, 1.82) is 0 Å². The lowest BCUT2D eigenvalue weighted by Gasteiger charge is -2.10. The molecule has 3 heteroatoms. The van der Waals surface area contributed by atoms with Crippen molar-refractivity contribution < 1.29 is 14.6 Å². The molecular formula is C33H58O3. The van der Waals surface area contributed by atoms with E-state index in [0.717, 1.165) is 38.5 Å². The second-order valence-corrected chi connectivity index (χ2v) is 10.9. The molecule has 0 spiro atoms. The summed E-state index contributed by atoms with van der Waals surface area (Å²) in [4.78, 5) is 12.2. The fourth-order valence-electron chi connectivity index (χ4n) is 4.89. The van der Waals surface area contributed by atoms with Crippen molar-refractivity contribution in [2.75, 3.05) is 0 Å². The van der Waals surface area contributed by atoms with Gasteiger partial charge in [0.2, 0.25) is 0 Å². The Morgan fingerprint density at radius 1 is 0.694 bits per heavy atom. The van der Waals surface area contributed by atoms with Crippen molar-refractivity contribution in [2.24, 2.45) is 0 Å². The van der Waals surface area contributed by atoms with Gasteiger partial charge in [0.15, 0.2) is 0 Å². The average molecular weight is 503 g/mol. The molecule has 0 heterocycles. The number of aliphatic hydroxyl groups excluding tert-OH is 1. The summed E-state index contributed by atoms with van der Waals surface area (Å²) in [5.74, 6) is 0.600. The zero-order valence-electron chi connectivity index (χ0n) is 23.9. The molecule has 0 saturated heterocycles. The van der Waals surface area contributed by atoms with Crippen LogP contribution in [0.5, 0.6) is 5.75 Å². The molecule has 1 rings (SSSR count). The lowest BCUT2D eigenvalue weighted by molar-refractivity contribution is -0.134. The van der Waals surface area contributed by atoms with Crippen LogP contribution in [-0.4, -0.2) is 17.2 Å². The summed E-state index contributed by atoms with van der Waals surface area (Å²) >= 11 is 0. The van der Waals surface area contributed by atoms with Gasteiger partial charge in [-0.1, -0.05) is 135 Å². The summed E-state index contributed by atoms with van der Waals surface area (Å²) in [6, 6.07) is 8.09. The van der Waals surface area contributed by atoms with Gasteiger partial charge in [0, 0.05) is 6.42 Å². The molecule has 1 aromatic rings. The van der Waals surface area contributed by atoms with Gasteiger partial charge in [-0.05, 0) is 49.8 Å². The zero-order valence-corrected chi connectivity index (χ0v) is 23.9. The van der Waals surface area contributed by atoms with E-state index in [-0.39, 0.29) is 12.1 Å². The Labute approximate surface area is 223 Å². The van der Waals surface area contributed by atoms with Crippen molar-refractivity contribution in [3.8, 4) is 5.75 Å². The van der Waals surface area contributed by atoms with Gasteiger partial charge in [-0.15, -0.1) is 0 Å². The largest absolute Gasteiger partial charge is 0.427 e. The highest BCUT2D eigenvalue weighted by Crippen LogP contribution is 2.18. The van der Waals surface area contributed by atoms with E-state index in [0.29, 0.717) is 12.2 Å². The predicted octanol–water partition coefficient (Wildman–Crippen LogP) is 10.1. The highest BCUT2D eigenvalue weighted by Gasteiger charge is 2.06. The molecule has 3 nitrogen and oxygen atoms in total. The first kappa shape index (κ1) is 32.7. The zero-order chi connectivity index (χ0) is 26.1. The predicted molar refractivity (Wildman–Crippen MR) is 155 cm³/mol. The quantitative estimate of drug-likeness (QED) is 0.0821. The van der Waals surface area contributed by atoms with E-state index in [2.05, 4.69) is 19.9 Å². The van der Waals surface area contributed by atoms with Gasteiger partial charge in [-0.25, -0.2) is 0 Å².